The number of benzene rings is 5. The zero-order valence-corrected chi connectivity index (χ0v) is 24.7. The van der Waals surface area contributed by atoms with Crippen molar-refractivity contribution in [3.05, 3.63) is 185 Å². The molecule has 0 spiro atoms. The lowest BCUT2D eigenvalue weighted by molar-refractivity contribution is 0.461. The average Bonchev–Trinajstić information content (AvgIpc) is 3.79. The van der Waals surface area contributed by atoms with E-state index in [2.05, 4.69) is 160 Å². The lowest BCUT2D eigenvalue weighted by Gasteiger charge is -2.36. The van der Waals surface area contributed by atoms with Crippen molar-refractivity contribution in [3.8, 4) is 22.5 Å². The van der Waals surface area contributed by atoms with Gasteiger partial charge in [0.25, 0.3) is 0 Å². The molecule has 5 aromatic carbocycles. The summed E-state index contributed by atoms with van der Waals surface area (Å²) in [6.45, 7) is 0. The Morgan fingerprint density at radius 1 is 0.591 bits per heavy atom. The molecule has 0 bridgehead atoms. The van der Waals surface area contributed by atoms with Gasteiger partial charge in [0, 0.05) is 22.7 Å². The second-order valence-corrected chi connectivity index (χ2v) is 11.2. The van der Waals surface area contributed by atoms with Gasteiger partial charge in [0.2, 0.25) is 5.13 Å². The standard InChI is InChI=1S/C38H29N5S/c1-5-13-30(14-6-1)36-28-44-37(40-36)41-39-27-29-21-23-31(24-22-29)35-25-26-43(42-35)38(32-15-7-2-8-16-32,33-17-9-3-10-18-33)34-19-11-4-12-20-34/h1-28H,(H,40,41). The molecule has 5 nitrogen and oxygen atoms in total. The summed E-state index contributed by atoms with van der Waals surface area (Å²) >= 11 is 1.53. The van der Waals surface area contributed by atoms with Crippen molar-refractivity contribution < 1.29 is 0 Å². The van der Waals surface area contributed by atoms with E-state index in [0.29, 0.717) is 0 Å². The second-order valence-electron chi connectivity index (χ2n) is 10.3. The van der Waals surface area contributed by atoms with Crippen molar-refractivity contribution in [1.82, 2.24) is 14.8 Å². The summed E-state index contributed by atoms with van der Waals surface area (Å²) < 4.78 is 2.10. The number of hydrogen-bond donors (Lipinski definition) is 1. The molecular weight excluding hydrogens is 559 g/mol. The zero-order valence-electron chi connectivity index (χ0n) is 23.9. The molecule has 1 N–H and O–H groups in total. The first-order chi connectivity index (χ1) is 21.8. The highest BCUT2D eigenvalue weighted by Crippen LogP contribution is 2.40. The molecule has 0 saturated carbocycles. The van der Waals surface area contributed by atoms with Crippen LogP contribution in [0.2, 0.25) is 0 Å². The number of anilines is 1. The minimum atomic E-state index is -0.642. The molecule has 0 aliphatic rings. The third-order valence-electron chi connectivity index (χ3n) is 7.66. The van der Waals surface area contributed by atoms with Gasteiger partial charge in [-0.05, 0) is 28.3 Å². The van der Waals surface area contributed by atoms with Crippen LogP contribution in [0.5, 0.6) is 0 Å². The fourth-order valence-electron chi connectivity index (χ4n) is 5.57. The van der Waals surface area contributed by atoms with Gasteiger partial charge in [-0.3, -0.25) is 10.1 Å². The second kappa shape index (κ2) is 12.3. The molecule has 2 aromatic heterocycles. The Labute approximate surface area is 260 Å². The fraction of sp³-hybridized carbons (Fsp3) is 0.0263. The largest absolute Gasteiger partial charge is 0.253 e. The van der Waals surface area contributed by atoms with Gasteiger partial charge in [-0.25, -0.2) is 4.98 Å². The number of thiazole rings is 1. The van der Waals surface area contributed by atoms with E-state index in [1.807, 2.05) is 23.6 Å². The van der Waals surface area contributed by atoms with Crippen molar-refractivity contribution >= 4 is 22.7 Å². The SMILES string of the molecule is C(=NNc1nc(-c2ccccc2)cs1)c1ccc(-c2ccn(C(c3ccccc3)(c3ccccc3)c3ccccc3)n2)cc1. The molecule has 2 heterocycles. The molecule has 0 radical (unpaired) electrons. The average molecular weight is 588 g/mol. The summed E-state index contributed by atoms with van der Waals surface area (Å²) in [7, 11) is 0. The lowest BCUT2D eigenvalue weighted by atomic mass is 9.77. The molecular formula is C38H29N5S. The molecule has 0 atom stereocenters. The van der Waals surface area contributed by atoms with Crippen LogP contribution >= 0.6 is 11.3 Å². The van der Waals surface area contributed by atoms with E-state index in [1.165, 1.54) is 11.3 Å². The van der Waals surface area contributed by atoms with Crippen molar-refractivity contribution in [2.75, 3.05) is 5.43 Å². The van der Waals surface area contributed by atoms with Crippen LogP contribution in [-0.2, 0) is 5.54 Å². The molecule has 44 heavy (non-hydrogen) atoms. The Morgan fingerprint density at radius 2 is 1.11 bits per heavy atom. The van der Waals surface area contributed by atoms with E-state index in [-0.39, 0.29) is 0 Å². The van der Waals surface area contributed by atoms with Crippen LogP contribution < -0.4 is 5.43 Å². The van der Waals surface area contributed by atoms with Crippen LogP contribution in [0.4, 0.5) is 5.13 Å². The highest BCUT2D eigenvalue weighted by Gasteiger charge is 2.39. The van der Waals surface area contributed by atoms with E-state index in [4.69, 9.17) is 5.10 Å². The first-order valence-corrected chi connectivity index (χ1v) is 15.3. The number of hydrazone groups is 1. The Balaban J connectivity index is 1.17. The molecule has 0 aliphatic heterocycles. The first-order valence-electron chi connectivity index (χ1n) is 14.4. The summed E-state index contributed by atoms with van der Waals surface area (Å²) in [5.41, 5.74) is 10.8. The number of hydrogen-bond acceptors (Lipinski definition) is 5. The van der Waals surface area contributed by atoms with Crippen molar-refractivity contribution in [2.24, 2.45) is 5.10 Å². The van der Waals surface area contributed by atoms with Gasteiger partial charge in [0.05, 0.1) is 17.6 Å². The van der Waals surface area contributed by atoms with Crippen LogP contribution in [0.25, 0.3) is 22.5 Å². The van der Waals surface area contributed by atoms with E-state index < -0.39 is 5.54 Å². The molecule has 6 heteroatoms. The highest BCUT2D eigenvalue weighted by atomic mass is 32.1. The topological polar surface area (TPSA) is 55.1 Å². The van der Waals surface area contributed by atoms with E-state index in [0.717, 1.165) is 49.9 Å². The van der Waals surface area contributed by atoms with E-state index >= 15 is 0 Å². The maximum atomic E-state index is 5.20. The fourth-order valence-corrected chi connectivity index (χ4v) is 6.24. The highest BCUT2D eigenvalue weighted by molar-refractivity contribution is 7.14. The van der Waals surface area contributed by atoms with Crippen LogP contribution in [0, 0.1) is 0 Å². The summed E-state index contributed by atoms with van der Waals surface area (Å²) in [5, 5.41) is 12.4. The zero-order chi connectivity index (χ0) is 29.6. The van der Waals surface area contributed by atoms with Gasteiger partial charge in [-0.1, -0.05) is 146 Å². The Kier molecular flexibility index (Phi) is 7.64. The van der Waals surface area contributed by atoms with Gasteiger partial charge in [0.15, 0.2) is 0 Å². The van der Waals surface area contributed by atoms with Gasteiger partial charge in [0.1, 0.15) is 5.54 Å². The molecule has 0 saturated heterocycles. The normalized spacial score (nSPS) is 11.5. The molecule has 212 valence electrons. The predicted octanol–water partition coefficient (Wildman–Crippen LogP) is 8.96. The predicted molar refractivity (Wildman–Crippen MR) is 181 cm³/mol. The summed E-state index contributed by atoms with van der Waals surface area (Å²) in [4.78, 5) is 4.64. The molecule has 0 unspecified atom stereocenters. The molecule has 0 amide bonds. The minimum absolute atomic E-state index is 0.642. The van der Waals surface area contributed by atoms with Crippen LogP contribution in [0.1, 0.15) is 22.3 Å². The monoisotopic (exact) mass is 587 g/mol. The van der Waals surface area contributed by atoms with Crippen LogP contribution in [0.3, 0.4) is 0 Å². The molecule has 7 rings (SSSR count). The maximum absolute atomic E-state index is 5.20. The molecule has 7 aromatic rings. The van der Waals surface area contributed by atoms with Crippen molar-refractivity contribution in [3.63, 3.8) is 0 Å². The van der Waals surface area contributed by atoms with E-state index in [9.17, 15) is 0 Å². The number of nitrogens with zero attached hydrogens (tertiary/aromatic N) is 4. The van der Waals surface area contributed by atoms with Gasteiger partial charge in [-0.15, -0.1) is 11.3 Å². The van der Waals surface area contributed by atoms with E-state index in [1.54, 1.807) is 6.21 Å². The van der Waals surface area contributed by atoms with Gasteiger partial charge >= 0.3 is 0 Å². The lowest BCUT2D eigenvalue weighted by Crippen LogP contribution is -2.38. The summed E-state index contributed by atoms with van der Waals surface area (Å²) in [5.74, 6) is 0. The maximum Gasteiger partial charge on any atom is 0.203 e. The number of rotatable bonds is 9. The van der Waals surface area contributed by atoms with Gasteiger partial charge in [-0.2, -0.15) is 10.2 Å². The number of aromatic nitrogens is 3. The van der Waals surface area contributed by atoms with Crippen molar-refractivity contribution in [1.29, 1.82) is 0 Å². The minimum Gasteiger partial charge on any atom is -0.253 e. The third kappa shape index (κ3) is 5.35. The molecule has 0 fully saturated rings. The van der Waals surface area contributed by atoms with Crippen molar-refractivity contribution in [2.45, 2.75) is 5.54 Å². The van der Waals surface area contributed by atoms with Crippen LogP contribution in [-0.4, -0.2) is 21.0 Å². The van der Waals surface area contributed by atoms with Gasteiger partial charge < -0.3 is 0 Å². The summed E-state index contributed by atoms with van der Waals surface area (Å²) in [6, 6.07) is 52.3. The van der Waals surface area contributed by atoms with Crippen LogP contribution in [0.15, 0.2) is 168 Å². The quantitative estimate of drug-likeness (QED) is 0.104. The Bertz CT molecular complexity index is 1870. The third-order valence-corrected chi connectivity index (χ3v) is 8.41. The summed E-state index contributed by atoms with van der Waals surface area (Å²) in [6.07, 6.45) is 3.89. The Morgan fingerprint density at radius 3 is 1.68 bits per heavy atom. The first kappa shape index (κ1) is 27.3. The smallest absolute Gasteiger partial charge is 0.203 e. The number of nitrogens with one attached hydrogen (secondary N) is 1. The molecule has 0 aliphatic carbocycles. The Hall–Kier alpha value is -5.59.